The number of ether oxygens (including phenoxy) is 2. The molecule has 0 aliphatic carbocycles. The minimum absolute atomic E-state index is 0.0548. The van der Waals surface area contributed by atoms with Gasteiger partial charge in [-0.2, -0.15) is 0 Å². The highest BCUT2D eigenvalue weighted by atomic mass is 31.2. The van der Waals surface area contributed by atoms with E-state index in [0.29, 0.717) is 6.42 Å². The lowest BCUT2D eigenvalue weighted by Gasteiger charge is -2.19. The number of unbranched alkanes of at least 4 members (excludes halogenated alkanes) is 26. The lowest BCUT2D eigenvalue weighted by molar-refractivity contribution is -0.161. The zero-order valence-corrected chi connectivity index (χ0v) is 34.7. The molecule has 0 aromatic heterocycles. The lowest BCUT2D eigenvalue weighted by atomic mass is 10.0. The number of esters is 2. The molecule has 2 unspecified atom stereocenters. The molecule has 0 radical (unpaired) electrons. The third-order valence-corrected chi connectivity index (χ3v) is 10.4. The number of nitrogens with two attached hydrogens (primary N) is 1. The number of hydrogen-bond acceptors (Lipinski definition) is 8. The molecule has 10 heteroatoms. The van der Waals surface area contributed by atoms with Gasteiger partial charge in [-0.15, -0.1) is 0 Å². The van der Waals surface area contributed by atoms with Crippen molar-refractivity contribution in [2.45, 2.75) is 219 Å². The molecule has 9 nitrogen and oxygen atoms in total. The summed E-state index contributed by atoms with van der Waals surface area (Å²) in [6.07, 6.45) is 39.5. The Balaban J connectivity index is 4.10. The second kappa shape index (κ2) is 39.4. The number of carbonyl (C=O) groups excluding carboxylic acids is 2. The molecular formula is C42H82NO8P. The second-order valence-electron chi connectivity index (χ2n) is 14.6. The summed E-state index contributed by atoms with van der Waals surface area (Å²) in [7, 11) is -4.37. The normalized spacial score (nSPS) is 13.4. The largest absolute Gasteiger partial charge is 0.472 e. The molecule has 2 atom stereocenters. The summed E-state index contributed by atoms with van der Waals surface area (Å²) in [5.41, 5.74) is 5.34. The number of phosphoric acid groups is 1. The number of rotatable bonds is 41. The van der Waals surface area contributed by atoms with Gasteiger partial charge in [0.15, 0.2) is 6.10 Å². The Hall–Kier alpha value is -1.25. The van der Waals surface area contributed by atoms with E-state index in [1.165, 1.54) is 128 Å². The maximum Gasteiger partial charge on any atom is 0.472 e. The topological polar surface area (TPSA) is 134 Å². The van der Waals surface area contributed by atoms with Gasteiger partial charge in [0.1, 0.15) is 6.61 Å². The van der Waals surface area contributed by atoms with Crippen LogP contribution in [0.5, 0.6) is 0 Å². The first-order valence-corrected chi connectivity index (χ1v) is 23.2. The van der Waals surface area contributed by atoms with Crippen molar-refractivity contribution >= 4 is 19.8 Å². The highest BCUT2D eigenvalue weighted by molar-refractivity contribution is 7.47. The van der Waals surface area contributed by atoms with E-state index in [2.05, 4.69) is 26.0 Å². The van der Waals surface area contributed by atoms with Crippen LogP contribution in [0.2, 0.25) is 0 Å². The minimum Gasteiger partial charge on any atom is -0.462 e. The van der Waals surface area contributed by atoms with Crippen molar-refractivity contribution in [3.05, 3.63) is 12.2 Å². The first kappa shape index (κ1) is 50.8. The summed E-state index contributed by atoms with van der Waals surface area (Å²) in [5, 5.41) is 0. The molecule has 0 amide bonds. The Labute approximate surface area is 319 Å². The van der Waals surface area contributed by atoms with Crippen molar-refractivity contribution in [1.82, 2.24) is 0 Å². The number of allylic oxidation sites excluding steroid dienone is 2. The Bertz CT molecular complexity index is 871. The fourth-order valence-corrected chi connectivity index (χ4v) is 6.92. The highest BCUT2D eigenvalue weighted by Gasteiger charge is 2.26. The first-order valence-electron chi connectivity index (χ1n) is 21.7. The monoisotopic (exact) mass is 760 g/mol. The Morgan fingerprint density at radius 3 is 1.38 bits per heavy atom. The predicted octanol–water partition coefficient (Wildman–Crippen LogP) is 12.2. The molecule has 308 valence electrons. The maximum atomic E-state index is 12.5. The third kappa shape index (κ3) is 38.5. The maximum absolute atomic E-state index is 12.5. The van der Waals surface area contributed by atoms with Gasteiger partial charge in [-0.1, -0.05) is 174 Å². The molecule has 0 aromatic rings. The molecule has 52 heavy (non-hydrogen) atoms. The van der Waals surface area contributed by atoms with Gasteiger partial charge in [0.2, 0.25) is 0 Å². The number of hydrogen-bond donors (Lipinski definition) is 2. The highest BCUT2D eigenvalue weighted by Crippen LogP contribution is 2.43. The van der Waals surface area contributed by atoms with Crippen molar-refractivity contribution < 1.29 is 37.6 Å². The van der Waals surface area contributed by atoms with Crippen LogP contribution in [0.3, 0.4) is 0 Å². The molecule has 0 rings (SSSR count). The molecule has 0 saturated heterocycles. The SMILES string of the molecule is CCCCCC/C=C\CCCCCCCC(=O)OC(COC(=O)CCCCCCCCCCCCCCCCCCCC)COP(=O)(O)OCCN. The van der Waals surface area contributed by atoms with Crippen molar-refractivity contribution in [1.29, 1.82) is 0 Å². The average molecular weight is 760 g/mol. The Kier molecular flexibility index (Phi) is 38.5. The summed E-state index contributed by atoms with van der Waals surface area (Å²) in [4.78, 5) is 34.8. The fourth-order valence-electron chi connectivity index (χ4n) is 6.16. The van der Waals surface area contributed by atoms with Crippen LogP contribution >= 0.6 is 7.82 Å². The lowest BCUT2D eigenvalue weighted by Crippen LogP contribution is -2.29. The van der Waals surface area contributed by atoms with Crippen molar-refractivity contribution in [2.75, 3.05) is 26.4 Å². The molecule has 0 spiro atoms. The van der Waals surface area contributed by atoms with Crippen LogP contribution in [0, 0.1) is 0 Å². The summed E-state index contributed by atoms with van der Waals surface area (Å²) < 4.78 is 32.7. The second-order valence-corrected chi connectivity index (χ2v) is 16.0. The van der Waals surface area contributed by atoms with Gasteiger partial charge in [-0.05, 0) is 38.5 Å². The summed E-state index contributed by atoms with van der Waals surface area (Å²) in [6.45, 7) is 3.73. The van der Waals surface area contributed by atoms with Crippen molar-refractivity contribution in [2.24, 2.45) is 5.73 Å². The average Bonchev–Trinajstić information content (AvgIpc) is 3.13. The molecule has 0 bridgehead atoms. The molecule has 0 saturated carbocycles. The van der Waals surface area contributed by atoms with Gasteiger partial charge in [-0.3, -0.25) is 18.6 Å². The predicted molar refractivity (Wildman–Crippen MR) is 215 cm³/mol. The fraction of sp³-hybridized carbons (Fsp3) is 0.905. The van der Waals surface area contributed by atoms with Gasteiger partial charge < -0.3 is 20.1 Å². The van der Waals surface area contributed by atoms with E-state index in [1.807, 2.05) is 0 Å². The third-order valence-electron chi connectivity index (χ3n) is 9.40. The van der Waals surface area contributed by atoms with E-state index in [1.54, 1.807) is 0 Å². The molecule has 0 aliphatic rings. The summed E-state index contributed by atoms with van der Waals surface area (Å²) >= 11 is 0. The van der Waals surface area contributed by atoms with Crippen LogP contribution in [0.15, 0.2) is 12.2 Å². The summed E-state index contributed by atoms with van der Waals surface area (Å²) in [5.74, 6) is -0.828. The van der Waals surface area contributed by atoms with E-state index in [9.17, 15) is 19.0 Å². The standard InChI is InChI=1S/C42H82NO8P/c1-3-5-7-9-11-13-15-17-18-19-20-21-23-24-26-28-30-32-34-41(44)48-38-40(39-50-52(46,47)49-37-36-43)51-42(45)35-33-31-29-27-25-22-16-14-12-10-8-6-4-2/h14,16,40H,3-13,15,17-39,43H2,1-2H3,(H,46,47)/b16-14-. The zero-order valence-electron chi connectivity index (χ0n) is 33.8. The molecule has 0 aromatic carbocycles. The van der Waals surface area contributed by atoms with Crippen LogP contribution in [-0.2, 0) is 32.7 Å². The Morgan fingerprint density at radius 1 is 0.558 bits per heavy atom. The first-order chi connectivity index (χ1) is 25.3. The van der Waals surface area contributed by atoms with Crippen molar-refractivity contribution in [3.63, 3.8) is 0 Å². The summed E-state index contributed by atoms with van der Waals surface area (Å²) in [6, 6.07) is 0. The quantitative estimate of drug-likeness (QED) is 0.0270. The molecule has 0 heterocycles. The minimum atomic E-state index is -4.37. The molecule has 0 fully saturated rings. The van der Waals surface area contributed by atoms with Gasteiger partial charge in [0.05, 0.1) is 13.2 Å². The van der Waals surface area contributed by atoms with E-state index >= 15 is 0 Å². The van der Waals surface area contributed by atoms with Crippen LogP contribution in [-0.4, -0.2) is 49.3 Å². The number of phosphoric ester groups is 1. The van der Waals surface area contributed by atoms with Gasteiger partial charge >= 0.3 is 19.8 Å². The van der Waals surface area contributed by atoms with E-state index in [-0.39, 0.29) is 38.6 Å². The van der Waals surface area contributed by atoms with Crippen molar-refractivity contribution in [3.8, 4) is 0 Å². The van der Waals surface area contributed by atoms with Gasteiger partial charge in [-0.25, -0.2) is 4.57 Å². The van der Waals surface area contributed by atoms with Crippen LogP contribution in [0.1, 0.15) is 213 Å². The van der Waals surface area contributed by atoms with Crippen LogP contribution < -0.4 is 5.73 Å². The van der Waals surface area contributed by atoms with Crippen LogP contribution in [0.25, 0.3) is 0 Å². The molecule has 0 aliphatic heterocycles. The Morgan fingerprint density at radius 2 is 0.942 bits per heavy atom. The van der Waals surface area contributed by atoms with Crippen LogP contribution in [0.4, 0.5) is 0 Å². The number of carbonyl (C=O) groups is 2. The van der Waals surface area contributed by atoms with E-state index in [4.69, 9.17) is 24.3 Å². The smallest absolute Gasteiger partial charge is 0.462 e. The van der Waals surface area contributed by atoms with Gasteiger partial charge in [0, 0.05) is 19.4 Å². The van der Waals surface area contributed by atoms with Gasteiger partial charge in [0.25, 0.3) is 0 Å². The zero-order chi connectivity index (χ0) is 38.2. The molecular weight excluding hydrogens is 677 g/mol. The molecule has 3 N–H and O–H groups in total. The van der Waals surface area contributed by atoms with E-state index < -0.39 is 26.5 Å². The van der Waals surface area contributed by atoms with E-state index in [0.717, 1.165) is 51.4 Å².